The van der Waals surface area contributed by atoms with Gasteiger partial charge in [-0.25, -0.2) is 4.79 Å². The van der Waals surface area contributed by atoms with Gasteiger partial charge >= 0.3 is 43.8 Å². The minimum absolute atomic E-state index is 0. The smallest absolute Gasteiger partial charge is 1.00 e. The third-order valence-corrected chi connectivity index (χ3v) is 0.920. The molecule has 0 radical (unpaired) electrons. The zero-order chi connectivity index (χ0) is 7.28. The first kappa shape index (κ1) is 13.8. The van der Waals surface area contributed by atoms with Gasteiger partial charge in [-0.05, 0) is 32.1 Å². The number of nitrogens with zero attached hydrogens (tertiary/aromatic N) is 1. The Hall–Kier alpha value is 1.23. The fourth-order valence-electron chi connectivity index (χ4n) is 0.247. The summed E-state index contributed by atoms with van der Waals surface area (Å²) in [5.41, 5.74) is 0. The van der Waals surface area contributed by atoms with Gasteiger partial charge in [0.2, 0.25) is 0 Å². The number of thiol groups is 2. The van der Waals surface area contributed by atoms with Crippen LogP contribution >= 0.6 is 25.6 Å². The van der Waals surface area contributed by atoms with Crippen molar-refractivity contribution in [3.8, 4) is 0 Å². The molecule has 58 valence electrons. The van der Waals surface area contributed by atoms with Crippen LogP contribution in [0.5, 0.6) is 0 Å². The van der Waals surface area contributed by atoms with Crippen LogP contribution in [0.4, 0.5) is 4.79 Å². The maximum Gasteiger partial charge on any atom is 2.00 e. The van der Waals surface area contributed by atoms with E-state index in [1.54, 1.807) is 0 Å². The molecule has 3 nitrogen and oxygen atoms in total. The number of hydrogen-bond donors (Lipinski definition) is 2. The Balaban J connectivity index is -0.000000107. The summed E-state index contributed by atoms with van der Waals surface area (Å²) >= 11 is 7.18. The number of carbonyl (C=O) groups excluding carboxylic acids is 1. The molecule has 1 amide bonds. The van der Waals surface area contributed by atoms with Gasteiger partial charge in [0.15, 0.2) is 0 Å². The van der Waals surface area contributed by atoms with Crippen molar-refractivity contribution in [2.45, 2.75) is 13.3 Å². The van der Waals surface area contributed by atoms with E-state index < -0.39 is 6.09 Å². The molecule has 0 aromatic rings. The molecule has 0 N–H and O–H groups in total. The molecule has 0 saturated carbocycles. The van der Waals surface area contributed by atoms with Crippen LogP contribution in [0, 0.1) is 0 Å². The summed E-state index contributed by atoms with van der Waals surface area (Å²) in [5, 5.41) is 0. The third-order valence-electron chi connectivity index (χ3n) is 0.593. The van der Waals surface area contributed by atoms with Gasteiger partial charge in [-0.15, -0.1) is 0 Å². The van der Waals surface area contributed by atoms with E-state index in [9.17, 15) is 4.79 Å². The molecular formula is C4H11CaNO2S2. The van der Waals surface area contributed by atoms with E-state index in [2.05, 4.69) is 30.4 Å². The third kappa shape index (κ3) is 7.34. The van der Waals surface area contributed by atoms with Crippen LogP contribution < -0.4 is 0 Å². The first-order valence-corrected chi connectivity index (χ1v) is 3.33. The van der Waals surface area contributed by atoms with Crippen LogP contribution in [0.25, 0.3) is 0 Å². The Morgan fingerprint density at radius 1 is 1.70 bits per heavy atom. The average molecular weight is 209 g/mol. The fourth-order valence-corrected chi connectivity index (χ4v) is 0.363. The molecular weight excluding hydrogens is 198 g/mol. The van der Waals surface area contributed by atoms with Crippen molar-refractivity contribution in [2.75, 3.05) is 6.61 Å². The molecule has 0 bridgehead atoms. The minimum Gasteiger partial charge on any atom is -1.00 e. The Kier molecular flexibility index (Phi) is 11.5. The van der Waals surface area contributed by atoms with E-state index in [0.29, 0.717) is 6.61 Å². The van der Waals surface area contributed by atoms with Crippen LogP contribution in [0.1, 0.15) is 16.2 Å². The van der Waals surface area contributed by atoms with Gasteiger partial charge < -0.3 is 7.59 Å². The van der Waals surface area contributed by atoms with E-state index in [1.807, 2.05) is 6.92 Å². The SMILES string of the molecule is CCCOC(=O)N(S)S.[Ca+2].[H-].[H-]. The van der Waals surface area contributed by atoms with E-state index >= 15 is 0 Å². The van der Waals surface area contributed by atoms with E-state index in [4.69, 9.17) is 0 Å². The molecule has 0 rings (SSSR count). The van der Waals surface area contributed by atoms with Crippen molar-refractivity contribution in [3.63, 3.8) is 0 Å². The summed E-state index contributed by atoms with van der Waals surface area (Å²) in [5.74, 6) is 0. The van der Waals surface area contributed by atoms with Crippen molar-refractivity contribution in [1.29, 1.82) is 0 Å². The largest absolute Gasteiger partial charge is 2.00 e. The van der Waals surface area contributed by atoms with Crippen molar-refractivity contribution >= 4 is 69.5 Å². The predicted octanol–water partition coefficient (Wildman–Crippen LogP) is 1.37. The molecule has 6 heteroatoms. The van der Waals surface area contributed by atoms with Crippen LogP contribution in [-0.2, 0) is 4.74 Å². The number of rotatable bonds is 2. The van der Waals surface area contributed by atoms with Crippen molar-refractivity contribution in [3.05, 3.63) is 0 Å². The molecule has 0 atom stereocenters. The standard InChI is InChI=1S/C4H9NO2S2.Ca.2H/c1-2-3-7-4(6)5(8)9;;;/h8-9H,2-3H2,1H3;;;/q;+2;2*-1. The van der Waals surface area contributed by atoms with Crippen molar-refractivity contribution in [1.82, 2.24) is 3.71 Å². The zero-order valence-electron chi connectivity index (χ0n) is 7.78. The van der Waals surface area contributed by atoms with Crippen LogP contribution in [0.3, 0.4) is 0 Å². The summed E-state index contributed by atoms with van der Waals surface area (Å²) in [6.07, 6.45) is 0.268. The molecule has 0 aliphatic carbocycles. The first-order valence-electron chi connectivity index (χ1n) is 2.53. The second kappa shape index (κ2) is 8.33. The quantitative estimate of drug-likeness (QED) is 0.531. The second-order valence-electron chi connectivity index (χ2n) is 1.40. The summed E-state index contributed by atoms with van der Waals surface area (Å²) in [4.78, 5) is 10.5. The maximum atomic E-state index is 10.5. The molecule has 0 aliphatic rings. The fraction of sp³-hybridized carbons (Fsp3) is 0.750. The Labute approximate surface area is 105 Å². The van der Waals surface area contributed by atoms with Gasteiger partial charge in [-0.3, -0.25) is 0 Å². The van der Waals surface area contributed by atoms with Gasteiger partial charge in [0.05, 0.1) is 6.61 Å². The molecule has 0 saturated heterocycles. The summed E-state index contributed by atoms with van der Waals surface area (Å²) in [7, 11) is 0. The number of carbonyl (C=O) groups is 1. The number of hydrogen-bond acceptors (Lipinski definition) is 4. The molecule has 0 spiro atoms. The first-order chi connectivity index (χ1) is 4.18. The Bertz CT molecular complexity index is 109. The Morgan fingerprint density at radius 3 is 2.50 bits per heavy atom. The topological polar surface area (TPSA) is 29.5 Å². The van der Waals surface area contributed by atoms with Gasteiger partial charge in [0.25, 0.3) is 0 Å². The van der Waals surface area contributed by atoms with Crippen LogP contribution in [0.2, 0.25) is 0 Å². The van der Waals surface area contributed by atoms with Crippen LogP contribution in [0.15, 0.2) is 0 Å². The maximum absolute atomic E-state index is 10.5. The van der Waals surface area contributed by atoms with Crippen molar-refractivity contribution in [2.24, 2.45) is 0 Å². The van der Waals surface area contributed by atoms with Gasteiger partial charge in [-0.1, -0.05) is 6.92 Å². The molecule has 0 unspecified atom stereocenters. The molecule has 0 fully saturated rings. The van der Waals surface area contributed by atoms with Gasteiger partial charge in [-0.2, -0.15) is 3.71 Å². The van der Waals surface area contributed by atoms with E-state index in [-0.39, 0.29) is 40.6 Å². The molecule has 0 aliphatic heterocycles. The van der Waals surface area contributed by atoms with E-state index in [1.165, 1.54) is 0 Å². The average Bonchev–Trinajstić information content (AvgIpc) is 1.82. The summed E-state index contributed by atoms with van der Waals surface area (Å²) in [6, 6.07) is 0. The predicted molar refractivity (Wildman–Crippen MR) is 49.4 cm³/mol. The Morgan fingerprint density at radius 2 is 2.20 bits per heavy atom. The second-order valence-corrected chi connectivity index (χ2v) is 2.52. The van der Waals surface area contributed by atoms with E-state index in [0.717, 1.165) is 10.1 Å². The molecule has 0 heterocycles. The summed E-state index contributed by atoms with van der Waals surface area (Å²) in [6.45, 7) is 2.32. The summed E-state index contributed by atoms with van der Waals surface area (Å²) < 4.78 is 5.39. The monoisotopic (exact) mass is 209 g/mol. The van der Waals surface area contributed by atoms with Gasteiger partial charge in [0, 0.05) is 0 Å². The number of ether oxygens (including phenoxy) is 1. The van der Waals surface area contributed by atoms with Gasteiger partial charge in [0.1, 0.15) is 0 Å². The van der Waals surface area contributed by atoms with Crippen LogP contribution in [-0.4, -0.2) is 54.1 Å². The minimum atomic E-state index is -0.538. The molecule has 0 aromatic carbocycles. The van der Waals surface area contributed by atoms with Crippen molar-refractivity contribution < 1.29 is 12.4 Å². The number of amides is 1. The molecule has 10 heavy (non-hydrogen) atoms. The normalized spacial score (nSPS) is 7.90. The molecule has 0 aromatic heterocycles. The zero-order valence-corrected chi connectivity index (χ0v) is 9.78.